The number of fused-ring (bicyclic) bond motifs is 12. The molecule has 0 radical (unpaired) electrons. The van der Waals surface area contributed by atoms with E-state index in [-0.39, 0.29) is 0 Å². The number of nitrogens with zero attached hydrogens (tertiary/aromatic N) is 5. The highest BCUT2D eigenvalue weighted by Crippen LogP contribution is 2.46. The summed E-state index contributed by atoms with van der Waals surface area (Å²) in [6, 6.07) is 79.7. The lowest BCUT2D eigenvalue weighted by molar-refractivity contribution is 0.666. The molecule has 0 unspecified atom stereocenters. The number of thiophene rings is 1. The molecule has 15 rings (SSSR count). The molecular weight excluding hydrogens is 875 g/mol. The Bertz CT molecular complexity index is 4530. The van der Waals surface area contributed by atoms with Crippen LogP contribution in [-0.4, -0.2) is 24.1 Å². The summed E-state index contributed by atoms with van der Waals surface area (Å²) in [6.07, 6.45) is 0. The molecule has 6 nitrogen and oxygen atoms in total. The van der Waals surface area contributed by atoms with Gasteiger partial charge in [-0.25, -0.2) is 15.0 Å². The second kappa shape index (κ2) is 15.2. The summed E-state index contributed by atoms with van der Waals surface area (Å²) in [6.45, 7) is 0. The van der Waals surface area contributed by atoms with Gasteiger partial charge in [-0.3, -0.25) is 0 Å². The number of aromatic nitrogens is 5. The maximum absolute atomic E-state index is 7.09. The molecule has 0 bridgehead atoms. The third-order valence-electron chi connectivity index (χ3n) is 14.0. The molecule has 0 N–H and O–H groups in total. The molecule has 7 heteroatoms. The van der Waals surface area contributed by atoms with Crippen molar-refractivity contribution in [2.45, 2.75) is 0 Å². The van der Waals surface area contributed by atoms with E-state index in [0.29, 0.717) is 17.5 Å². The average Bonchev–Trinajstić information content (AvgIpc) is 4.18. The van der Waals surface area contributed by atoms with Gasteiger partial charge in [0, 0.05) is 74.9 Å². The van der Waals surface area contributed by atoms with Crippen molar-refractivity contribution in [3.05, 3.63) is 224 Å². The van der Waals surface area contributed by atoms with Crippen LogP contribution in [0.3, 0.4) is 0 Å². The molecule has 0 amide bonds. The van der Waals surface area contributed by atoms with E-state index in [1.807, 2.05) is 78.1 Å². The monoisotopic (exact) mass is 911 g/mol. The van der Waals surface area contributed by atoms with Crippen LogP contribution in [0.25, 0.3) is 142 Å². The molecule has 0 aliphatic carbocycles. The van der Waals surface area contributed by atoms with Gasteiger partial charge in [0.05, 0.1) is 27.8 Å². The summed E-state index contributed by atoms with van der Waals surface area (Å²) >= 11 is 1.85. The Morgan fingerprint density at radius 3 is 1.67 bits per heavy atom. The normalized spacial score (nSPS) is 12.0. The molecule has 70 heavy (non-hydrogen) atoms. The van der Waals surface area contributed by atoms with Crippen LogP contribution in [-0.2, 0) is 0 Å². The van der Waals surface area contributed by atoms with Crippen LogP contribution in [0.15, 0.2) is 229 Å². The van der Waals surface area contributed by atoms with Crippen LogP contribution < -0.4 is 0 Å². The number of benzene rings is 10. The number of hydrogen-bond acceptors (Lipinski definition) is 5. The molecule has 0 spiro atoms. The van der Waals surface area contributed by atoms with Gasteiger partial charge in [-0.05, 0) is 90.0 Å². The van der Waals surface area contributed by atoms with Crippen molar-refractivity contribution < 1.29 is 4.42 Å². The number of furan rings is 1. The molecule has 0 fully saturated rings. The third kappa shape index (κ3) is 5.89. The zero-order valence-electron chi connectivity index (χ0n) is 37.4. The van der Waals surface area contributed by atoms with E-state index in [4.69, 9.17) is 19.4 Å². The number of hydrogen-bond donors (Lipinski definition) is 0. The summed E-state index contributed by atoms with van der Waals surface area (Å²) in [5.74, 6) is 1.79. The Hall–Kier alpha value is -9.17. The first-order chi connectivity index (χ1) is 34.7. The zero-order chi connectivity index (χ0) is 45.9. The highest BCUT2D eigenvalue weighted by Gasteiger charge is 2.25. The maximum Gasteiger partial charge on any atom is 0.164 e. The first-order valence-corrected chi connectivity index (χ1v) is 24.3. The van der Waals surface area contributed by atoms with Crippen molar-refractivity contribution in [3.8, 4) is 56.7 Å². The van der Waals surface area contributed by atoms with Crippen molar-refractivity contribution in [1.29, 1.82) is 0 Å². The SMILES string of the molecule is c1ccc(-c2nc(-c3ccccc3)nc(-c3ccc(-n4c5ccc(-c6ccc7sc8ccccc8c7c6)cc5c5cc6c7ccccc7n(-c7ccccc7)c6cc54)c4oc5ccccc5c34)n2)cc1. The van der Waals surface area contributed by atoms with Crippen LogP contribution in [0.1, 0.15) is 0 Å². The van der Waals surface area contributed by atoms with Crippen molar-refractivity contribution in [3.63, 3.8) is 0 Å². The molecule has 0 saturated carbocycles. The Labute approximate surface area is 404 Å². The predicted molar refractivity (Wildman–Crippen MR) is 290 cm³/mol. The van der Waals surface area contributed by atoms with Gasteiger partial charge < -0.3 is 13.6 Å². The topological polar surface area (TPSA) is 61.7 Å². The quantitative estimate of drug-likeness (QED) is 0.167. The van der Waals surface area contributed by atoms with Gasteiger partial charge >= 0.3 is 0 Å². The molecule has 5 heterocycles. The van der Waals surface area contributed by atoms with Gasteiger partial charge in [0.25, 0.3) is 0 Å². The molecule has 0 atom stereocenters. The van der Waals surface area contributed by atoms with E-state index in [2.05, 4.69) is 167 Å². The van der Waals surface area contributed by atoms with Gasteiger partial charge in [0.2, 0.25) is 0 Å². The van der Waals surface area contributed by atoms with Gasteiger partial charge in [-0.1, -0.05) is 146 Å². The minimum Gasteiger partial charge on any atom is -0.454 e. The van der Waals surface area contributed by atoms with Crippen molar-refractivity contribution in [1.82, 2.24) is 24.1 Å². The number of para-hydroxylation sites is 3. The lowest BCUT2D eigenvalue weighted by atomic mass is 10.00. The van der Waals surface area contributed by atoms with Gasteiger partial charge in [0.15, 0.2) is 23.1 Å². The molecule has 0 aliphatic heterocycles. The molecule has 326 valence electrons. The Morgan fingerprint density at radius 1 is 0.343 bits per heavy atom. The summed E-state index contributed by atoms with van der Waals surface area (Å²) < 4.78 is 14.5. The summed E-state index contributed by atoms with van der Waals surface area (Å²) in [4.78, 5) is 15.5. The first kappa shape index (κ1) is 38.9. The Balaban J connectivity index is 1.03. The summed E-state index contributed by atoms with van der Waals surface area (Å²) in [7, 11) is 0. The Morgan fingerprint density at radius 2 is 0.900 bits per heavy atom. The molecular formula is C63H37N5OS. The average molecular weight is 912 g/mol. The predicted octanol–water partition coefficient (Wildman–Crippen LogP) is 17.0. The third-order valence-corrected chi connectivity index (χ3v) is 15.1. The largest absolute Gasteiger partial charge is 0.454 e. The highest BCUT2D eigenvalue weighted by molar-refractivity contribution is 7.25. The fourth-order valence-corrected chi connectivity index (χ4v) is 11.9. The second-order valence-corrected chi connectivity index (χ2v) is 19.0. The minimum absolute atomic E-state index is 0.576. The molecule has 0 aliphatic rings. The maximum atomic E-state index is 7.09. The van der Waals surface area contributed by atoms with Crippen LogP contribution in [0, 0.1) is 0 Å². The van der Waals surface area contributed by atoms with Crippen LogP contribution in [0.5, 0.6) is 0 Å². The number of rotatable bonds is 6. The van der Waals surface area contributed by atoms with Gasteiger partial charge in [0.1, 0.15) is 5.58 Å². The van der Waals surface area contributed by atoms with Crippen molar-refractivity contribution >= 4 is 97.1 Å². The van der Waals surface area contributed by atoms with Gasteiger partial charge in [-0.15, -0.1) is 11.3 Å². The van der Waals surface area contributed by atoms with E-state index in [1.165, 1.54) is 36.5 Å². The molecule has 10 aromatic carbocycles. The van der Waals surface area contributed by atoms with E-state index in [0.717, 1.165) is 88.4 Å². The van der Waals surface area contributed by atoms with E-state index in [9.17, 15) is 0 Å². The minimum atomic E-state index is 0.576. The highest BCUT2D eigenvalue weighted by atomic mass is 32.1. The van der Waals surface area contributed by atoms with Crippen molar-refractivity contribution in [2.24, 2.45) is 0 Å². The van der Waals surface area contributed by atoms with Gasteiger partial charge in [-0.2, -0.15) is 0 Å². The second-order valence-electron chi connectivity index (χ2n) is 17.9. The van der Waals surface area contributed by atoms with E-state index in [1.54, 1.807) is 0 Å². The Kier molecular flexibility index (Phi) is 8.43. The fraction of sp³-hybridized carbons (Fsp3) is 0. The van der Waals surface area contributed by atoms with Crippen molar-refractivity contribution in [2.75, 3.05) is 0 Å². The van der Waals surface area contributed by atoms with E-state index < -0.39 is 0 Å². The molecule has 15 aromatic rings. The summed E-state index contributed by atoms with van der Waals surface area (Å²) in [5, 5.41) is 9.24. The smallest absolute Gasteiger partial charge is 0.164 e. The summed E-state index contributed by atoms with van der Waals surface area (Å²) in [5.41, 5.74) is 13.1. The lowest BCUT2D eigenvalue weighted by Gasteiger charge is -2.13. The standard InChI is InChI=1S/C63H37N5OS/c1-4-16-38(17-5-1)61-64-62(39-18-6-2-7-19-39)66-63(65-61)46-30-32-53(60-59(46)45-24-11-14-26-56(45)69-60)68-52-31-28-40(41-29-33-58-50(35-41)44-23-12-15-27-57(44)70-58)34-47(52)49-36-48-43-22-10-13-25-51(43)67(54(48)37-55(49)68)42-20-8-3-9-21-42/h1-37H. The van der Waals surface area contributed by atoms with E-state index >= 15 is 0 Å². The lowest BCUT2D eigenvalue weighted by Crippen LogP contribution is -2.01. The molecule has 0 saturated heterocycles. The first-order valence-electron chi connectivity index (χ1n) is 23.5. The van der Waals surface area contributed by atoms with Crippen LogP contribution in [0.4, 0.5) is 0 Å². The van der Waals surface area contributed by atoms with Crippen LogP contribution in [0.2, 0.25) is 0 Å². The fourth-order valence-electron chi connectivity index (χ4n) is 10.8. The zero-order valence-corrected chi connectivity index (χ0v) is 38.2. The molecule has 5 aromatic heterocycles. The van der Waals surface area contributed by atoms with Crippen LogP contribution >= 0.6 is 11.3 Å².